The van der Waals surface area contributed by atoms with Gasteiger partial charge in [-0.1, -0.05) is 6.07 Å². The number of nitrogens with one attached hydrogen (secondary N) is 1. The van der Waals surface area contributed by atoms with Crippen molar-refractivity contribution >= 4 is 23.3 Å². The highest BCUT2D eigenvalue weighted by Crippen LogP contribution is 2.21. The predicted octanol–water partition coefficient (Wildman–Crippen LogP) is 1.78. The van der Waals surface area contributed by atoms with E-state index in [1.807, 2.05) is 31.2 Å². The summed E-state index contributed by atoms with van der Waals surface area (Å²) in [6.45, 7) is 2.56. The SMILES string of the molecule is CCOc1cccc(Nc2cc(N)nc(N)n2)c1. The second-order valence-electron chi connectivity index (χ2n) is 3.62. The number of hydrogen-bond acceptors (Lipinski definition) is 6. The second kappa shape index (κ2) is 5.22. The highest BCUT2D eigenvalue weighted by Gasteiger charge is 2.01. The van der Waals surface area contributed by atoms with Crippen molar-refractivity contribution in [1.82, 2.24) is 9.97 Å². The van der Waals surface area contributed by atoms with E-state index in [4.69, 9.17) is 16.2 Å². The quantitative estimate of drug-likeness (QED) is 0.759. The summed E-state index contributed by atoms with van der Waals surface area (Å²) >= 11 is 0. The first-order valence-corrected chi connectivity index (χ1v) is 5.57. The predicted molar refractivity (Wildman–Crippen MR) is 71.8 cm³/mol. The van der Waals surface area contributed by atoms with E-state index in [0.29, 0.717) is 18.2 Å². The van der Waals surface area contributed by atoms with Crippen LogP contribution in [-0.2, 0) is 0 Å². The van der Waals surface area contributed by atoms with Gasteiger partial charge in [0.05, 0.1) is 6.61 Å². The molecule has 0 saturated heterocycles. The van der Waals surface area contributed by atoms with Gasteiger partial charge in [-0.05, 0) is 19.1 Å². The minimum atomic E-state index is 0.137. The Balaban J connectivity index is 2.20. The molecule has 5 N–H and O–H groups in total. The molecule has 0 unspecified atom stereocenters. The van der Waals surface area contributed by atoms with E-state index < -0.39 is 0 Å². The summed E-state index contributed by atoms with van der Waals surface area (Å²) in [5.41, 5.74) is 12.0. The second-order valence-corrected chi connectivity index (χ2v) is 3.62. The minimum absolute atomic E-state index is 0.137. The Bertz CT molecular complexity index is 523. The van der Waals surface area contributed by atoms with Gasteiger partial charge in [0.15, 0.2) is 0 Å². The van der Waals surface area contributed by atoms with Crippen molar-refractivity contribution in [3.63, 3.8) is 0 Å². The molecule has 0 atom stereocenters. The number of ether oxygens (including phenoxy) is 1. The number of anilines is 4. The molecule has 0 aliphatic heterocycles. The van der Waals surface area contributed by atoms with Crippen LogP contribution in [-0.4, -0.2) is 16.6 Å². The normalized spacial score (nSPS) is 10.1. The number of aromatic nitrogens is 2. The Labute approximate surface area is 105 Å². The molecule has 1 aromatic heterocycles. The summed E-state index contributed by atoms with van der Waals surface area (Å²) in [7, 11) is 0. The number of nitrogens with two attached hydrogens (primary N) is 2. The van der Waals surface area contributed by atoms with Crippen LogP contribution >= 0.6 is 0 Å². The van der Waals surface area contributed by atoms with Crippen LogP contribution in [0.1, 0.15) is 6.92 Å². The van der Waals surface area contributed by atoms with E-state index >= 15 is 0 Å². The molecule has 0 radical (unpaired) electrons. The molecule has 2 aromatic rings. The summed E-state index contributed by atoms with van der Waals surface area (Å²) in [6, 6.07) is 9.16. The van der Waals surface area contributed by atoms with E-state index in [1.165, 1.54) is 0 Å². The molecule has 94 valence electrons. The highest BCUT2D eigenvalue weighted by molar-refractivity contribution is 5.61. The van der Waals surface area contributed by atoms with Crippen LogP contribution in [0.25, 0.3) is 0 Å². The average molecular weight is 245 g/mol. The first kappa shape index (κ1) is 12.0. The van der Waals surface area contributed by atoms with Crippen LogP contribution in [0.2, 0.25) is 0 Å². The Morgan fingerprint density at radius 3 is 2.78 bits per heavy atom. The lowest BCUT2D eigenvalue weighted by Gasteiger charge is -2.08. The van der Waals surface area contributed by atoms with Crippen molar-refractivity contribution in [2.24, 2.45) is 0 Å². The number of rotatable bonds is 4. The Morgan fingerprint density at radius 2 is 2.06 bits per heavy atom. The monoisotopic (exact) mass is 245 g/mol. The molecule has 0 aliphatic carbocycles. The molecule has 1 heterocycles. The molecule has 0 saturated carbocycles. The topological polar surface area (TPSA) is 99.1 Å². The zero-order valence-corrected chi connectivity index (χ0v) is 10.1. The van der Waals surface area contributed by atoms with Crippen LogP contribution in [0.5, 0.6) is 5.75 Å². The number of nitrogen functional groups attached to an aromatic ring is 2. The van der Waals surface area contributed by atoms with Crippen molar-refractivity contribution in [2.75, 3.05) is 23.4 Å². The van der Waals surface area contributed by atoms with E-state index in [2.05, 4.69) is 15.3 Å². The lowest BCUT2D eigenvalue weighted by molar-refractivity contribution is 0.340. The van der Waals surface area contributed by atoms with Crippen molar-refractivity contribution < 1.29 is 4.74 Å². The molecule has 18 heavy (non-hydrogen) atoms. The van der Waals surface area contributed by atoms with Gasteiger partial charge in [-0.3, -0.25) is 0 Å². The molecular formula is C12H15N5O. The fourth-order valence-electron chi connectivity index (χ4n) is 1.53. The maximum absolute atomic E-state index is 5.59. The Morgan fingerprint density at radius 1 is 1.22 bits per heavy atom. The van der Waals surface area contributed by atoms with Crippen LogP contribution in [0.3, 0.4) is 0 Å². The summed E-state index contributed by atoms with van der Waals surface area (Å²) in [6.07, 6.45) is 0. The Hall–Kier alpha value is -2.50. The van der Waals surface area contributed by atoms with Gasteiger partial charge in [-0.25, -0.2) is 0 Å². The van der Waals surface area contributed by atoms with Crippen LogP contribution in [0.4, 0.5) is 23.3 Å². The van der Waals surface area contributed by atoms with E-state index in [-0.39, 0.29) is 5.95 Å². The van der Waals surface area contributed by atoms with E-state index in [0.717, 1.165) is 11.4 Å². The highest BCUT2D eigenvalue weighted by atomic mass is 16.5. The number of hydrogen-bond donors (Lipinski definition) is 3. The van der Waals surface area contributed by atoms with Gasteiger partial charge in [0.2, 0.25) is 5.95 Å². The third-order valence-electron chi connectivity index (χ3n) is 2.18. The number of nitrogens with zero attached hydrogens (tertiary/aromatic N) is 2. The lowest BCUT2D eigenvalue weighted by Crippen LogP contribution is -2.03. The van der Waals surface area contributed by atoms with Gasteiger partial charge in [-0.2, -0.15) is 9.97 Å². The molecule has 0 bridgehead atoms. The summed E-state index contributed by atoms with van der Waals surface area (Å²) in [5.74, 6) is 1.80. The summed E-state index contributed by atoms with van der Waals surface area (Å²) in [5, 5.41) is 3.09. The molecule has 0 aliphatic rings. The van der Waals surface area contributed by atoms with Gasteiger partial charge >= 0.3 is 0 Å². The summed E-state index contributed by atoms with van der Waals surface area (Å²) < 4.78 is 5.41. The van der Waals surface area contributed by atoms with Gasteiger partial charge in [0.1, 0.15) is 17.4 Å². The van der Waals surface area contributed by atoms with Gasteiger partial charge in [0.25, 0.3) is 0 Å². The van der Waals surface area contributed by atoms with Crippen molar-refractivity contribution in [2.45, 2.75) is 6.92 Å². The molecular weight excluding hydrogens is 230 g/mol. The smallest absolute Gasteiger partial charge is 0.223 e. The lowest BCUT2D eigenvalue weighted by atomic mass is 10.3. The van der Waals surface area contributed by atoms with Crippen molar-refractivity contribution in [1.29, 1.82) is 0 Å². The van der Waals surface area contributed by atoms with E-state index in [1.54, 1.807) is 6.07 Å². The fourth-order valence-corrected chi connectivity index (χ4v) is 1.53. The first-order valence-electron chi connectivity index (χ1n) is 5.57. The van der Waals surface area contributed by atoms with Crippen LogP contribution in [0.15, 0.2) is 30.3 Å². The molecule has 6 nitrogen and oxygen atoms in total. The number of benzene rings is 1. The minimum Gasteiger partial charge on any atom is -0.494 e. The zero-order chi connectivity index (χ0) is 13.0. The third kappa shape index (κ3) is 3.00. The standard InChI is InChI=1S/C12H15N5O/c1-2-18-9-5-3-4-8(6-9)15-11-7-10(13)16-12(14)17-11/h3-7H,2H2,1H3,(H5,13,14,15,16,17). The van der Waals surface area contributed by atoms with Gasteiger partial charge < -0.3 is 21.5 Å². The van der Waals surface area contributed by atoms with Gasteiger partial charge in [0, 0.05) is 17.8 Å². The summed E-state index contributed by atoms with van der Waals surface area (Å²) in [4.78, 5) is 7.84. The third-order valence-corrected chi connectivity index (χ3v) is 2.18. The van der Waals surface area contributed by atoms with Crippen molar-refractivity contribution in [3.05, 3.63) is 30.3 Å². The molecule has 2 rings (SSSR count). The van der Waals surface area contributed by atoms with Crippen LogP contribution in [0, 0.1) is 0 Å². The molecule has 0 fully saturated rings. The van der Waals surface area contributed by atoms with Crippen molar-refractivity contribution in [3.8, 4) is 5.75 Å². The maximum atomic E-state index is 5.59. The first-order chi connectivity index (χ1) is 8.67. The Kier molecular flexibility index (Phi) is 3.47. The molecule has 0 spiro atoms. The average Bonchev–Trinajstić information content (AvgIpc) is 2.28. The molecule has 1 aromatic carbocycles. The maximum Gasteiger partial charge on any atom is 0.223 e. The molecule has 0 amide bonds. The van der Waals surface area contributed by atoms with Crippen LogP contribution < -0.4 is 21.5 Å². The molecule has 6 heteroatoms. The fraction of sp³-hybridized carbons (Fsp3) is 0.167. The largest absolute Gasteiger partial charge is 0.494 e. The van der Waals surface area contributed by atoms with E-state index in [9.17, 15) is 0 Å². The van der Waals surface area contributed by atoms with Gasteiger partial charge in [-0.15, -0.1) is 0 Å². The zero-order valence-electron chi connectivity index (χ0n) is 10.1.